The third kappa shape index (κ3) is 6.61. The normalized spacial score (nSPS) is 15.9. The fourth-order valence-electron chi connectivity index (χ4n) is 3.48. The average Bonchev–Trinajstić information content (AvgIpc) is 2.72. The SMILES string of the molecule is O=C(CS(=O)(=O)Nc1ccc(N2CCCCC2)cc1)NC(c1ccccc1)C(F)(F)F. The van der Waals surface area contributed by atoms with Gasteiger partial charge in [0.15, 0.2) is 6.04 Å². The lowest BCUT2D eigenvalue weighted by Crippen LogP contribution is -2.41. The van der Waals surface area contributed by atoms with Crippen molar-refractivity contribution in [1.29, 1.82) is 0 Å². The molecule has 0 radical (unpaired) electrons. The monoisotopic (exact) mass is 455 g/mol. The lowest BCUT2D eigenvalue weighted by atomic mass is 10.1. The van der Waals surface area contributed by atoms with Crippen molar-refractivity contribution in [3.8, 4) is 0 Å². The molecule has 10 heteroatoms. The zero-order valence-corrected chi connectivity index (χ0v) is 17.5. The first-order valence-corrected chi connectivity index (χ1v) is 11.6. The highest BCUT2D eigenvalue weighted by Crippen LogP contribution is 2.32. The molecule has 1 aliphatic rings. The van der Waals surface area contributed by atoms with Gasteiger partial charge in [0.2, 0.25) is 15.9 Å². The second-order valence-electron chi connectivity index (χ2n) is 7.41. The van der Waals surface area contributed by atoms with Crippen LogP contribution in [-0.4, -0.2) is 39.3 Å². The van der Waals surface area contributed by atoms with Crippen LogP contribution in [0.25, 0.3) is 0 Å². The number of sulfonamides is 1. The first-order valence-electron chi connectivity index (χ1n) is 9.90. The Bertz CT molecular complexity index is 974. The molecule has 2 aromatic carbocycles. The molecule has 168 valence electrons. The van der Waals surface area contributed by atoms with Gasteiger partial charge in [0, 0.05) is 24.5 Å². The predicted molar refractivity (Wildman–Crippen MR) is 113 cm³/mol. The van der Waals surface area contributed by atoms with Gasteiger partial charge in [-0.3, -0.25) is 9.52 Å². The van der Waals surface area contributed by atoms with Crippen LogP contribution in [0.1, 0.15) is 30.9 Å². The van der Waals surface area contributed by atoms with Gasteiger partial charge < -0.3 is 10.2 Å². The topological polar surface area (TPSA) is 78.5 Å². The number of amides is 1. The molecular weight excluding hydrogens is 431 g/mol. The fourth-order valence-corrected chi connectivity index (χ4v) is 4.48. The number of piperidine rings is 1. The maximum absolute atomic E-state index is 13.4. The average molecular weight is 456 g/mol. The molecule has 1 unspecified atom stereocenters. The predicted octanol–water partition coefficient (Wildman–Crippen LogP) is 3.84. The van der Waals surface area contributed by atoms with Gasteiger partial charge in [-0.2, -0.15) is 13.2 Å². The van der Waals surface area contributed by atoms with Crippen molar-refractivity contribution in [3.63, 3.8) is 0 Å². The van der Waals surface area contributed by atoms with Gasteiger partial charge in [-0.15, -0.1) is 0 Å². The number of anilines is 2. The van der Waals surface area contributed by atoms with Crippen LogP contribution in [-0.2, 0) is 14.8 Å². The molecule has 1 aliphatic heterocycles. The molecule has 0 spiro atoms. The van der Waals surface area contributed by atoms with Crippen LogP contribution in [0.2, 0.25) is 0 Å². The summed E-state index contributed by atoms with van der Waals surface area (Å²) in [7, 11) is -4.19. The van der Waals surface area contributed by atoms with Crippen molar-refractivity contribution < 1.29 is 26.4 Å². The van der Waals surface area contributed by atoms with E-state index in [1.807, 2.05) is 0 Å². The molecule has 1 atom stereocenters. The maximum Gasteiger partial charge on any atom is 0.412 e. The summed E-state index contributed by atoms with van der Waals surface area (Å²) in [4.78, 5) is 14.3. The molecule has 1 heterocycles. The van der Waals surface area contributed by atoms with E-state index in [0.717, 1.165) is 31.6 Å². The molecule has 6 nitrogen and oxygen atoms in total. The Morgan fingerprint density at radius 3 is 2.16 bits per heavy atom. The summed E-state index contributed by atoms with van der Waals surface area (Å²) in [6.07, 6.45) is -1.37. The molecule has 1 amide bonds. The van der Waals surface area contributed by atoms with Crippen LogP contribution >= 0.6 is 0 Å². The van der Waals surface area contributed by atoms with Crippen molar-refractivity contribution in [2.75, 3.05) is 28.5 Å². The van der Waals surface area contributed by atoms with Crippen molar-refractivity contribution in [3.05, 3.63) is 60.2 Å². The number of benzene rings is 2. The summed E-state index contributed by atoms with van der Waals surface area (Å²) in [6, 6.07) is 11.2. The number of halogens is 3. The van der Waals surface area contributed by atoms with E-state index in [1.165, 1.54) is 30.7 Å². The molecule has 0 saturated carbocycles. The van der Waals surface area contributed by atoms with Gasteiger partial charge in [-0.05, 0) is 49.1 Å². The van der Waals surface area contributed by atoms with E-state index in [2.05, 4.69) is 9.62 Å². The molecule has 0 aliphatic carbocycles. The van der Waals surface area contributed by atoms with Crippen molar-refractivity contribution in [1.82, 2.24) is 5.32 Å². The quantitative estimate of drug-likeness (QED) is 0.665. The highest BCUT2D eigenvalue weighted by atomic mass is 32.2. The van der Waals surface area contributed by atoms with Gasteiger partial charge in [-0.25, -0.2) is 8.42 Å². The first kappa shape index (κ1) is 22.9. The summed E-state index contributed by atoms with van der Waals surface area (Å²) in [5.74, 6) is -2.37. The van der Waals surface area contributed by atoms with E-state index in [0.29, 0.717) is 0 Å². The minimum Gasteiger partial charge on any atom is -0.372 e. The lowest BCUT2D eigenvalue weighted by Gasteiger charge is -2.28. The minimum atomic E-state index is -4.77. The molecule has 2 aromatic rings. The van der Waals surface area contributed by atoms with Crippen LogP contribution < -0.4 is 14.9 Å². The molecular formula is C21H24F3N3O3S. The number of carbonyl (C=O) groups excluding carboxylic acids is 1. The third-order valence-corrected chi connectivity index (χ3v) is 6.14. The molecule has 0 aromatic heterocycles. The zero-order valence-electron chi connectivity index (χ0n) is 16.7. The Hall–Kier alpha value is -2.75. The van der Waals surface area contributed by atoms with E-state index in [9.17, 15) is 26.4 Å². The minimum absolute atomic E-state index is 0.179. The van der Waals surface area contributed by atoms with Crippen LogP contribution in [0.15, 0.2) is 54.6 Å². The summed E-state index contributed by atoms with van der Waals surface area (Å²) in [5.41, 5.74) is 1.03. The van der Waals surface area contributed by atoms with Crippen molar-refractivity contribution in [2.24, 2.45) is 0 Å². The largest absolute Gasteiger partial charge is 0.412 e. The van der Waals surface area contributed by atoms with E-state index in [-0.39, 0.29) is 11.3 Å². The number of rotatable bonds is 7. The Morgan fingerprint density at radius 2 is 1.58 bits per heavy atom. The number of hydrogen-bond acceptors (Lipinski definition) is 4. The van der Waals surface area contributed by atoms with Crippen LogP contribution in [0.3, 0.4) is 0 Å². The van der Waals surface area contributed by atoms with Crippen molar-refractivity contribution >= 4 is 27.3 Å². The Balaban J connectivity index is 1.62. The number of alkyl halides is 3. The standard InChI is InChI=1S/C21H24F3N3O3S/c22-21(23,24)20(16-7-3-1-4-8-16)25-19(28)15-31(29,30)26-17-9-11-18(12-10-17)27-13-5-2-6-14-27/h1,3-4,7-12,20,26H,2,5-6,13-15H2,(H,25,28). The molecule has 31 heavy (non-hydrogen) atoms. The second kappa shape index (κ2) is 9.59. The Morgan fingerprint density at radius 1 is 0.968 bits per heavy atom. The highest BCUT2D eigenvalue weighted by Gasteiger charge is 2.42. The maximum atomic E-state index is 13.4. The van der Waals surface area contributed by atoms with Crippen LogP contribution in [0.5, 0.6) is 0 Å². The van der Waals surface area contributed by atoms with E-state index in [4.69, 9.17) is 0 Å². The first-order chi connectivity index (χ1) is 14.6. The summed E-state index contributed by atoms with van der Waals surface area (Å²) in [5, 5.41) is 1.78. The van der Waals surface area contributed by atoms with E-state index in [1.54, 1.807) is 35.6 Å². The number of nitrogens with one attached hydrogen (secondary N) is 2. The second-order valence-corrected chi connectivity index (χ2v) is 9.13. The Kier molecular flexibility index (Phi) is 7.09. The lowest BCUT2D eigenvalue weighted by molar-refractivity contribution is -0.162. The molecule has 0 bridgehead atoms. The van der Waals surface area contributed by atoms with Gasteiger partial charge in [0.05, 0.1) is 0 Å². The number of hydrogen-bond donors (Lipinski definition) is 2. The summed E-state index contributed by atoms with van der Waals surface area (Å²) >= 11 is 0. The van der Waals surface area contributed by atoms with Gasteiger partial charge in [-0.1, -0.05) is 30.3 Å². The highest BCUT2D eigenvalue weighted by molar-refractivity contribution is 7.93. The summed E-state index contributed by atoms with van der Waals surface area (Å²) < 4.78 is 66.9. The third-order valence-electron chi connectivity index (χ3n) is 4.95. The summed E-state index contributed by atoms with van der Waals surface area (Å²) in [6.45, 7) is 1.88. The number of carbonyl (C=O) groups is 1. The van der Waals surface area contributed by atoms with Crippen LogP contribution in [0.4, 0.5) is 24.5 Å². The van der Waals surface area contributed by atoms with E-state index >= 15 is 0 Å². The molecule has 1 saturated heterocycles. The zero-order chi connectivity index (χ0) is 22.5. The van der Waals surface area contributed by atoms with Gasteiger partial charge >= 0.3 is 6.18 Å². The van der Waals surface area contributed by atoms with Gasteiger partial charge in [0.25, 0.3) is 0 Å². The van der Waals surface area contributed by atoms with Gasteiger partial charge in [0.1, 0.15) is 5.75 Å². The molecule has 2 N–H and O–H groups in total. The van der Waals surface area contributed by atoms with E-state index < -0.39 is 33.9 Å². The fraction of sp³-hybridized carbons (Fsp3) is 0.381. The van der Waals surface area contributed by atoms with Crippen molar-refractivity contribution in [2.45, 2.75) is 31.5 Å². The number of nitrogens with zero attached hydrogens (tertiary/aromatic N) is 1. The molecule has 1 fully saturated rings. The van der Waals surface area contributed by atoms with Crippen LogP contribution in [0, 0.1) is 0 Å². The smallest absolute Gasteiger partial charge is 0.372 e. The molecule has 3 rings (SSSR count). The Labute approximate surface area is 179 Å².